The minimum absolute atomic E-state index is 0.0455. The molecule has 3 fully saturated rings. The molecule has 0 aromatic heterocycles. The lowest BCUT2D eigenvalue weighted by atomic mass is 9.89. The molecule has 2 aliphatic heterocycles. The summed E-state index contributed by atoms with van der Waals surface area (Å²) in [6.07, 6.45) is 5.56. The molecule has 4 unspecified atom stereocenters. The van der Waals surface area contributed by atoms with Gasteiger partial charge in [0.2, 0.25) is 0 Å². The van der Waals surface area contributed by atoms with E-state index in [2.05, 4.69) is 0 Å². The molecule has 1 aliphatic carbocycles. The fourth-order valence-corrected chi connectivity index (χ4v) is 4.15. The van der Waals surface area contributed by atoms with E-state index < -0.39 is 0 Å². The summed E-state index contributed by atoms with van der Waals surface area (Å²) >= 11 is 0. The van der Waals surface area contributed by atoms with Crippen molar-refractivity contribution in [2.45, 2.75) is 50.4 Å². The van der Waals surface area contributed by atoms with E-state index in [-0.39, 0.29) is 18.0 Å². The summed E-state index contributed by atoms with van der Waals surface area (Å²) in [6.45, 7) is 2.98. The van der Waals surface area contributed by atoms with Crippen LogP contribution in [0.1, 0.15) is 32.1 Å². The van der Waals surface area contributed by atoms with Crippen LogP contribution in [0.2, 0.25) is 0 Å². The first-order valence-corrected chi connectivity index (χ1v) is 11.6. The standard InChI is InChI=1S/C26H30O6/c27-26(20-7-12-24-25(15-20)32-24)31-22-10-5-19(6-11-22)18-3-8-21(9-4-18)29-14-2-1-13-28-16-23-17-30-23/h3-6,8-11,20,23-25H,1-2,7,12-17H2. The number of rotatable bonds is 11. The van der Waals surface area contributed by atoms with Gasteiger partial charge in [0.05, 0.1) is 37.9 Å². The summed E-state index contributed by atoms with van der Waals surface area (Å²) in [5.41, 5.74) is 2.16. The lowest BCUT2D eigenvalue weighted by Crippen LogP contribution is -2.25. The van der Waals surface area contributed by atoms with Gasteiger partial charge in [0.1, 0.15) is 17.6 Å². The van der Waals surface area contributed by atoms with E-state index in [0.717, 1.165) is 62.2 Å². The monoisotopic (exact) mass is 438 g/mol. The van der Waals surface area contributed by atoms with Crippen molar-refractivity contribution in [2.24, 2.45) is 5.92 Å². The summed E-state index contributed by atoms with van der Waals surface area (Å²) in [6, 6.07) is 15.7. The second-order valence-electron chi connectivity index (χ2n) is 8.78. The summed E-state index contributed by atoms with van der Waals surface area (Å²) in [5, 5.41) is 0. The first-order valence-electron chi connectivity index (χ1n) is 11.6. The number of unbranched alkanes of at least 4 members (excludes halogenated alkanes) is 1. The maximum Gasteiger partial charge on any atom is 0.314 e. The van der Waals surface area contributed by atoms with Gasteiger partial charge < -0.3 is 23.7 Å². The number of fused-ring (bicyclic) bond motifs is 1. The average molecular weight is 439 g/mol. The highest BCUT2D eigenvalue weighted by Crippen LogP contribution is 2.40. The summed E-state index contributed by atoms with van der Waals surface area (Å²) in [7, 11) is 0. The number of hydrogen-bond donors (Lipinski definition) is 0. The first kappa shape index (κ1) is 21.4. The Bertz CT molecular complexity index is 890. The molecule has 32 heavy (non-hydrogen) atoms. The second kappa shape index (κ2) is 10.0. The van der Waals surface area contributed by atoms with Crippen molar-refractivity contribution in [2.75, 3.05) is 26.4 Å². The Morgan fingerprint density at radius 1 is 0.875 bits per heavy atom. The molecule has 2 aromatic rings. The van der Waals surface area contributed by atoms with Crippen LogP contribution in [-0.4, -0.2) is 50.7 Å². The van der Waals surface area contributed by atoms with Crippen molar-refractivity contribution in [1.82, 2.24) is 0 Å². The number of carbonyl (C=O) groups is 1. The van der Waals surface area contributed by atoms with Crippen LogP contribution >= 0.6 is 0 Å². The third-order valence-electron chi connectivity index (χ3n) is 6.26. The Balaban J connectivity index is 1.04. The third kappa shape index (κ3) is 5.88. The fraction of sp³-hybridized carbons (Fsp3) is 0.500. The molecule has 2 saturated heterocycles. The number of benzene rings is 2. The van der Waals surface area contributed by atoms with Crippen LogP contribution in [-0.2, 0) is 19.0 Å². The van der Waals surface area contributed by atoms with Gasteiger partial charge in [-0.15, -0.1) is 0 Å². The minimum Gasteiger partial charge on any atom is -0.494 e. The van der Waals surface area contributed by atoms with Crippen molar-refractivity contribution < 1.29 is 28.5 Å². The normalized spacial score (nSPS) is 25.6. The zero-order valence-corrected chi connectivity index (χ0v) is 18.2. The van der Waals surface area contributed by atoms with Gasteiger partial charge in [-0.1, -0.05) is 24.3 Å². The molecule has 0 N–H and O–H groups in total. The molecule has 170 valence electrons. The van der Waals surface area contributed by atoms with Crippen molar-refractivity contribution in [3.05, 3.63) is 48.5 Å². The molecule has 4 atom stereocenters. The van der Waals surface area contributed by atoms with Crippen LogP contribution in [0, 0.1) is 5.92 Å². The Morgan fingerprint density at radius 3 is 2.25 bits per heavy atom. The Hall–Kier alpha value is -2.41. The lowest BCUT2D eigenvalue weighted by Gasteiger charge is -2.17. The molecule has 0 spiro atoms. The van der Waals surface area contributed by atoms with E-state index in [0.29, 0.717) is 31.2 Å². The Kier molecular flexibility index (Phi) is 6.72. The zero-order chi connectivity index (χ0) is 21.8. The van der Waals surface area contributed by atoms with Gasteiger partial charge in [-0.2, -0.15) is 0 Å². The summed E-state index contributed by atoms with van der Waals surface area (Å²) in [4.78, 5) is 12.4. The van der Waals surface area contributed by atoms with Gasteiger partial charge in [-0.3, -0.25) is 4.79 Å². The van der Waals surface area contributed by atoms with E-state index in [1.165, 1.54) is 0 Å². The molecule has 3 aliphatic rings. The third-order valence-corrected chi connectivity index (χ3v) is 6.26. The van der Waals surface area contributed by atoms with E-state index in [1.807, 2.05) is 48.5 Å². The van der Waals surface area contributed by atoms with Gasteiger partial charge >= 0.3 is 5.97 Å². The lowest BCUT2D eigenvalue weighted by molar-refractivity contribution is -0.139. The second-order valence-corrected chi connectivity index (χ2v) is 8.78. The van der Waals surface area contributed by atoms with Crippen molar-refractivity contribution in [1.29, 1.82) is 0 Å². The number of epoxide rings is 2. The SMILES string of the molecule is O=C(Oc1ccc(-c2ccc(OCCCCOCC3CO3)cc2)cc1)C1CCC2OC2C1. The van der Waals surface area contributed by atoms with Crippen molar-refractivity contribution >= 4 is 5.97 Å². The van der Waals surface area contributed by atoms with E-state index in [1.54, 1.807) is 0 Å². The molecule has 1 saturated carbocycles. The topological polar surface area (TPSA) is 69.8 Å². The number of carbonyl (C=O) groups excluding carboxylic acids is 1. The zero-order valence-electron chi connectivity index (χ0n) is 18.2. The molecular weight excluding hydrogens is 408 g/mol. The molecular formula is C26H30O6. The van der Waals surface area contributed by atoms with Gasteiger partial charge in [0.15, 0.2) is 0 Å². The predicted molar refractivity (Wildman–Crippen MR) is 119 cm³/mol. The van der Waals surface area contributed by atoms with Crippen LogP contribution in [0.25, 0.3) is 11.1 Å². The van der Waals surface area contributed by atoms with Crippen molar-refractivity contribution in [3.8, 4) is 22.6 Å². The van der Waals surface area contributed by atoms with Gasteiger partial charge in [-0.25, -0.2) is 0 Å². The Labute approximate surface area is 188 Å². The average Bonchev–Trinajstić information content (AvgIpc) is 3.74. The maximum absolute atomic E-state index is 12.4. The van der Waals surface area contributed by atoms with Crippen LogP contribution in [0.4, 0.5) is 0 Å². The minimum atomic E-state index is -0.142. The predicted octanol–water partition coefficient (Wildman–Crippen LogP) is 4.40. The van der Waals surface area contributed by atoms with Gasteiger partial charge in [0.25, 0.3) is 0 Å². The highest BCUT2D eigenvalue weighted by molar-refractivity contribution is 5.76. The van der Waals surface area contributed by atoms with Crippen LogP contribution in [0.3, 0.4) is 0 Å². The van der Waals surface area contributed by atoms with Crippen LogP contribution in [0.5, 0.6) is 11.5 Å². The quantitative estimate of drug-likeness (QED) is 0.224. The van der Waals surface area contributed by atoms with E-state index in [9.17, 15) is 4.79 Å². The molecule has 6 heteroatoms. The highest BCUT2D eigenvalue weighted by atomic mass is 16.6. The number of esters is 1. The summed E-state index contributed by atoms with van der Waals surface area (Å²) in [5.74, 6) is 1.26. The maximum atomic E-state index is 12.4. The molecule has 2 aromatic carbocycles. The molecule has 0 radical (unpaired) electrons. The smallest absolute Gasteiger partial charge is 0.314 e. The van der Waals surface area contributed by atoms with Crippen molar-refractivity contribution in [3.63, 3.8) is 0 Å². The van der Waals surface area contributed by atoms with Gasteiger partial charge in [-0.05, 0) is 67.5 Å². The van der Waals surface area contributed by atoms with E-state index in [4.69, 9.17) is 23.7 Å². The summed E-state index contributed by atoms with van der Waals surface area (Å²) < 4.78 is 27.6. The van der Waals surface area contributed by atoms with Gasteiger partial charge in [0, 0.05) is 6.61 Å². The Morgan fingerprint density at radius 2 is 1.56 bits per heavy atom. The molecule has 6 nitrogen and oxygen atoms in total. The number of ether oxygens (including phenoxy) is 5. The van der Waals surface area contributed by atoms with Crippen LogP contribution < -0.4 is 9.47 Å². The molecule has 0 amide bonds. The first-order chi connectivity index (χ1) is 15.7. The molecule has 2 heterocycles. The molecule has 5 rings (SSSR count). The van der Waals surface area contributed by atoms with E-state index >= 15 is 0 Å². The fourth-order valence-electron chi connectivity index (χ4n) is 4.15. The largest absolute Gasteiger partial charge is 0.494 e. The number of hydrogen-bond acceptors (Lipinski definition) is 6. The molecule has 0 bridgehead atoms. The highest BCUT2D eigenvalue weighted by Gasteiger charge is 2.46. The van der Waals surface area contributed by atoms with Crippen LogP contribution in [0.15, 0.2) is 48.5 Å².